The van der Waals surface area contributed by atoms with Gasteiger partial charge in [0, 0.05) is 11.6 Å². The van der Waals surface area contributed by atoms with Gasteiger partial charge in [0.1, 0.15) is 5.75 Å². The topological polar surface area (TPSA) is 93.2 Å². The van der Waals surface area contributed by atoms with Crippen LogP contribution in [-0.2, 0) is 9.59 Å². The predicted molar refractivity (Wildman–Crippen MR) is 95.7 cm³/mol. The number of rotatable bonds is 7. The van der Waals surface area contributed by atoms with Crippen LogP contribution in [0.15, 0.2) is 28.6 Å². The number of hydrogen-bond donors (Lipinski definition) is 2. The van der Waals surface area contributed by atoms with Crippen LogP contribution in [-0.4, -0.2) is 34.9 Å². The quantitative estimate of drug-likeness (QED) is 0.578. The highest BCUT2D eigenvalue weighted by molar-refractivity contribution is 8.01. The minimum Gasteiger partial charge on any atom is -0.497 e. The third kappa shape index (κ3) is 5.50. The number of aromatic nitrogens is 2. The molecule has 0 aliphatic rings. The molecule has 2 rings (SSSR count). The number of ether oxygens (including phenoxy) is 1. The van der Waals surface area contributed by atoms with Gasteiger partial charge < -0.3 is 15.4 Å². The fourth-order valence-corrected chi connectivity index (χ4v) is 3.12. The van der Waals surface area contributed by atoms with Crippen LogP contribution >= 0.6 is 23.1 Å². The Morgan fingerprint density at radius 3 is 2.54 bits per heavy atom. The van der Waals surface area contributed by atoms with E-state index in [2.05, 4.69) is 20.8 Å². The monoisotopic (exact) mass is 366 g/mol. The van der Waals surface area contributed by atoms with Crippen LogP contribution in [0.5, 0.6) is 5.75 Å². The Bertz CT molecular complexity index is 701. The Labute approximate surface area is 148 Å². The van der Waals surface area contributed by atoms with E-state index in [9.17, 15) is 9.59 Å². The maximum atomic E-state index is 11.9. The molecule has 2 aromatic rings. The lowest BCUT2D eigenvalue weighted by atomic mass is 10.2. The zero-order chi connectivity index (χ0) is 17.5. The van der Waals surface area contributed by atoms with Crippen molar-refractivity contribution in [2.75, 3.05) is 23.5 Å². The Morgan fingerprint density at radius 1 is 1.21 bits per heavy atom. The molecule has 0 bridgehead atoms. The molecule has 0 aliphatic carbocycles. The molecule has 24 heavy (non-hydrogen) atoms. The Balaban J connectivity index is 1.81. The molecule has 0 aliphatic heterocycles. The van der Waals surface area contributed by atoms with Crippen molar-refractivity contribution in [3.8, 4) is 5.75 Å². The van der Waals surface area contributed by atoms with Crippen molar-refractivity contribution in [3.05, 3.63) is 24.3 Å². The molecular formula is C15H18N4O3S2. The molecule has 7 nitrogen and oxygen atoms in total. The van der Waals surface area contributed by atoms with Crippen molar-refractivity contribution in [3.63, 3.8) is 0 Å². The predicted octanol–water partition coefficient (Wildman–Crippen LogP) is 2.87. The Morgan fingerprint density at radius 2 is 1.92 bits per heavy atom. The molecule has 0 saturated carbocycles. The molecule has 2 N–H and O–H groups in total. The molecule has 2 amide bonds. The maximum Gasteiger partial charge on any atom is 0.234 e. The van der Waals surface area contributed by atoms with Crippen molar-refractivity contribution >= 4 is 45.7 Å². The molecule has 0 radical (unpaired) electrons. The standard InChI is InChI=1S/C15H18N4O3S2/c1-9(2)13(21)17-14-18-19-15(24-14)23-8-12(20)16-10-4-6-11(22-3)7-5-10/h4-7,9H,8H2,1-3H3,(H,16,20)(H,17,18,21). The highest BCUT2D eigenvalue weighted by Gasteiger charge is 2.12. The lowest BCUT2D eigenvalue weighted by Gasteiger charge is -2.05. The Hall–Kier alpha value is -2.13. The number of methoxy groups -OCH3 is 1. The van der Waals surface area contributed by atoms with Crippen LogP contribution in [0, 0.1) is 5.92 Å². The molecule has 0 unspecified atom stereocenters. The van der Waals surface area contributed by atoms with Gasteiger partial charge in [0.15, 0.2) is 4.34 Å². The second-order valence-corrected chi connectivity index (χ2v) is 7.28. The van der Waals surface area contributed by atoms with E-state index in [4.69, 9.17) is 4.74 Å². The molecule has 1 heterocycles. The minimum absolute atomic E-state index is 0.111. The van der Waals surface area contributed by atoms with Crippen LogP contribution in [0.4, 0.5) is 10.8 Å². The summed E-state index contributed by atoms with van der Waals surface area (Å²) in [4.78, 5) is 23.5. The average molecular weight is 366 g/mol. The number of hydrogen-bond acceptors (Lipinski definition) is 7. The summed E-state index contributed by atoms with van der Waals surface area (Å²) >= 11 is 2.51. The summed E-state index contributed by atoms with van der Waals surface area (Å²) in [5.74, 6) is 0.555. The van der Waals surface area contributed by atoms with E-state index in [-0.39, 0.29) is 23.5 Å². The molecule has 9 heteroatoms. The van der Waals surface area contributed by atoms with E-state index in [0.717, 1.165) is 5.75 Å². The van der Waals surface area contributed by atoms with Gasteiger partial charge in [-0.1, -0.05) is 36.9 Å². The summed E-state index contributed by atoms with van der Waals surface area (Å²) in [7, 11) is 1.59. The highest BCUT2D eigenvalue weighted by Crippen LogP contribution is 2.26. The third-order valence-corrected chi connectivity index (χ3v) is 4.83. The maximum absolute atomic E-state index is 11.9. The second-order valence-electron chi connectivity index (χ2n) is 5.08. The van der Waals surface area contributed by atoms with E-state index in [1.165, 1.54) is 23.1 Å². The van der Waals surface area contributed by atoms with Crippen molar-refractivity contribution in [1.29, 1.82) is 0 Å². The largest absolute Gasteiger partial charge is 0.497 e. The van der Waals surface area contributed by atoms with Crippen molar-refractivity contribution in [1.82, 2.24) is 10.2 Å². The minimum atomic E-state index is -0.145. The molecule has 0 atom stereocenters. The van der Waals surface area contributed by atoms with Crippen LogP contribution in [0.1, 0.15) is 13.8 Å². The van der Waals surface area contributed by atoms with Gasteiger partial charge in [0.2, 0.25) is 16.9 Å². The van der Waals surface area contributed by atoms with Gasteiger partial charge in [0.25, 0.3) is 0 Å². The first-order valence-electron chi connectivity index (χ1n) is 7.19. The van der Waals surface area contributed by atoms with Crippen molar-refractivity contribution in [2.24, 2.45) is 5.92 Å². The lowest BCUT2D eigenvalue weighted by Crippen LogP contribution is -2.17. The zero-order valence-electron chi connectivity index (χ0n) is 13.5. The third-order valence-electron chi connectivity index (χ3n) is 2.86. The van der Waals surface area contributed by atoms with Crippen LogP contribution in [0.2, 0.25) is 0 Å². The first-order chi connectivity index (χ1) is 11.5. The van der Waals surface area contributed by atoms with E-state index in [1.807, 2.05) is 0 Å². The van der Waals surface area contributed by atoms with Gasteiger partial charge in [-0.05, 0) is 24.3 Å². The number of thioether (sulfide) groups is 1. The van der Waals surface area contributed by atoms with Crippen molar-refractivity contribution < 1.29 is 14.3 Å². The SMILES string of the molecule is COc1ccc(NC(=O)CSc2nnc(NC(=O)C(C)C)s2)cc1. The zero-order valence-corrected chi connectivity index (χ0v) is 15.2. The number of nitrogens with zero attached hydrogens (tertiary/aromatic N) is 2. The van der Waals surface area contributed by atoms with Gasteiger partial charge in [0.05, 0.1) is 12.9 Å². The molecule has 1 aromatic carbocycles. The molecule has 0 saturated heterocycles. The normalized spacial score (nSPS) is 10.5. The summed E-state index contributed by atoms with van der Waals surface area (Å²) in [5, 5.41) is 13.7. The van der Waals surface area contributed by atoms with Crippen LogP contribution < -0.4 is 15.4 Å². The summed E-state index contributed by atoms with van der Waals surface area (Å²) < 4.78 is 5.69. The summed E-state index contributed by atoms with van der Waals surface area (Å²) in [5.41, 5.74) is 0.698. The summed E-state index contributed by atoms with van der Waals surface area (Å²) in [6.07, 6.45) is 0. The number of anilines is 2. The Kier molecular flexibility index (Phi) is 6.56. The van der Waals surface area contributed by atoms with E-state index < -0.39 is 0 Å². The van der Waals surface area contributed by atoms with E-state index in [0.29, 0.717) is 15.2 Å². The van der Waals surface area contributed by atoms with Crippen molar-refractivity contribution in [2.45, 2.75) is 18.2 Å². The number of carbonyl (C=O) groups is 2. The summed E-state index contributed by atoms with van der Waals surface area (Å²) in [6, 6.07) is 7.09. The average Bonchev–Trinajstić information content (AvgIpc) is 3.01. The van der Waals surface area contributed by atoms with Gasteiger partial charge in [-0.25, -0.2) is 0 Å². The second kappa shape index (κ2) is 8.65. The highest BCUT2D eigenvalue weighted by atomic mass is 32.2. The fourth-order valence-electron chi connectivity index (χ4n) is 1.57. The molecule has 0 spiro atoms. The first-order valence-corrected chi connectivity index (χ1v) is 8.99. The van der Waals surface area contributed by atoms with Gasteiger partial charge in [-0.2, -0.15) is 0 Å². The van der Waals surface area contributed by atoms with Gasteiger partial charge in [-0.15, -0.1) is 10.2 Å². The smallest absolute Gasteiger partial charge is 0.234 e. The molecular weight excluding hydrogens is 348 g/mol. The van der Waals surface area contributed by atoms with E-state index in [1.54, 1.807) is 45.2 Å². The number of nitrogens with one attached hydrogen (secondary N) is 2. The molecule has 0 fully saturated rings. The van der Waals surface area contributed by atoms with Gasteiger partial charge >= 0.3 is 0 Å². The molecule has 128 valence electrons. The fraction of sp³-hybridized carbons (Fsp3) is 0.333. The van der Waals surface area contributed by atoms with E-state index >= 15 is 0 Å². The number of amides is 2. The first kappa shape index (κ1) is 18.2. The number of benzene rings is 1. The van der Waals surface area contributed by atoms with Gasteiger partial charge in [-0.3, -0.25) is 9.59 Å². The molecule has 1 aromatic heterocycles. The lowest BCUT2D eigenvalue weighted by molar-refractivity contribution is -0.119. The van der Waals surface area contributed by atoms with Crippen LogP contribution in [0.3, 0.4) is 0 Å². The van der Waals surface area contributed by atoms with Crippen LogP contribution in [0.25, 0.3) is 0 Å². The number of carbonyl (C=O) groups excluding carboxylic acids is 2. The summed E-state index contributed by atoms with van der Waals surface area (Å²) in [6.45, 7) is 3.60.